The first-order valence-corrected chi connectivity index (χ1v) is 7.52. The molecule has 0 aliphatic carbocycles. The molecule has 0 unspecified atom stereocenters. The number of guanidine groups is 1. The normalized spacial score (nSPS) is 11.6. The summed E-state index contributed by atoms with van der Waals surface area (Å²) in [7, 11) is 3.48. The second kappa shape index (κ2) is 10.7. The van der Waals surface area contributed by atoms with E-state index in [2.05, 4.69) is 42.5 Å². The Hall–Kier alpha value is -0.980. The summed E-state index contributed by atoms with van der Waals surface area (Å²) in [6, 6.07) is 8.04. The zero-order valence-corrected chi connectivity index (χ0v) is 16.7. The maximum absolute atomic E-state index is 5.23. The molecule has 1 aromatic carbocycles. The Labute approximate surface area is 152 Å². The van der Waals surface area contributed by atoms with Crippen molar-refractivity contribution in [1.29, 1.82) is 0 Å². The predicted molar refractivity (Wildman–Crippen MR) is 105 cm³/mol. The van der Waals surface area contributed by atoms with E-state index < -0.39 is 0 Å². The van der Waals surface area contributed by atoms with Gasteiger partial charge in [0.15, 0.2) is 5.96 Å². The summed E-state index contributed by atoms with van der Waals surface area (Å²) in [5, 5.41) is 6.67. The average molecular weight is 419 g/mol. The second-order valence-electron chi connectivity index (χ2n) is 6.37. The molecule has 0 saturated heterocycles. The van der Waals surface area contributed by atoms with Crippen LogP contribution in [0, 0.1) is 5.41 Å². The summed E-state index contributed by atoms with van der Waals surface area (Å²) in [6.07, 6.45) is 2.34. The van der Waals surface area contributed by atoms with Crippen molar-refractivity contribution in [1.82, 2.24) is 10.6 Å². The van der Waals surface area contributed by atoms with Gasteiger partial charge in [0, 0.05) is 20.1 Å². The van der Waals surface area contributed by atoms with Crippen LogP contribution in [0.5, 0.6) is 5.75 Å². The topological polar surface area (TPSA) is 45.7 Å². The van der Waals surface area contributed by atoms with Crippen LogP contribution < -0.4 is 15.4 Å². The summed E-state index contributed by atoms with van der Waals surface area (Å²) in [5.41, 5.74) is 1.56. The number of hydrogen-bond donors (Lipinski definition) is 2. The minimum Gasteiger partial charge on any atom is -0.497 e. The number of nitrogens with zero attached hydrogens (tertiary/aromatic N) is 1. The van der Waals surface area contributed by atoms with Gasteiger partial charge >= 0.3 is 0 Å². The van der Waals surface area contributed by atoms with Gasteiger partial charge in [0.05, 0.1) is 7.11 Å². The van der Waals surface area contributed by atoms with Crippen LogP contribution in [0.15, 0.2) is 29.3 Å². The molecule has 0 spiro atoms. The molecular weight excluding hydrogens is 389 g/mol. The van der Waals surface area contributed by atoms with Gasteiger partial charge < -0.3 is 15.4 Å². The van der Waals surface area contributed by atoms with E-state index >= 15 is 0 Å². The Balaban J connectivity index is 0.00000441. The highest BCUT2D eigenvalue weighted by molar-refractivity contribution is 14.0. The molecule has 0 aliphatic heterocycles. The van der Waals surface area contributed by atoms with Crippen molar-refractivity contribution in [3.63, 3.8) is 0 Å². The molecule has 0 heterocycles. The standard InChI is InChI=1S/C17H29N3O.HI/c1-17(2,3)10-7-11-19-16(18-4)20-13-14-8-6-9-15(12-14)21-5;/h6,8-9,12H,7,10-11,13H2,1-5H3,(H2,18,19,20);1H. The summed E-state index contributed by atoms with van der Waals surface area (Å²) in [6.45, 7) is 8.47. The monoisotopic (exact) mass is 419 g/mol. The fourth-order valence-electron chi connectivity index (χ4n) is 2.01. The lowest BCUT2D eigenvalue weighted by atomic mass is 9.91. The Morgan fingerprint density at radius 2 is 1.95 bits per heavy atom. The third-order valence-electron chi connectivity index (χ3n) is 3.21. The number of rotatable bonds is 6. The third kappa shape index (κ3) is 9.12. The summed E-state index contributed by atoms with van der Waals surface area (Å²) in [5.74, 6) is 1.72. The molecule has 0 aromatic heterocycles. The van der Waals surface area contributed by atoms with Crippen LogP contribution in [0.2, 0.25) is 0 Å². The summed E-state index contributed by atoms with van der Waals surface area (Å²) >= 11 is 0. The lowest BCUT2D eigenvalue weighted by molar-refractivity contribution is 0.365. The minimum absolute atomic E-state index is 0. The van der Waals surface area contributed by atoms with Crippen LogP contribution in [-0.4, -0.2) is 26.7 Å². The minimum atomic E-state index is 0. The van der Waals surface area contributed by atoms with Gasteiger partial charge in [-0.3, -0.25) is 4.99 Å². The maximum atomic E-state index is 5.23. The average Bonchev–Trinajstić information content (AvgIpc) is 2.45. The quantitative estimate of drug-likeness (QED) is 0.319. The smallest absolute Gasteiger partial charge is 0.191 e. The van der Waals surface area contributed by atoms with Gasteiger partial charge in [0.2, 0.25) is 0 Å². The predicted octanol–water partition coefficient (Wildman–Crippen LogP) is 3.80. The molecule has 0 amide bonds. The van der Waals surface area contributed by atoms with Gasteiger partial charge in [-0.25, -0.2) is 0 Å². The van der Waals surface area contributed by atoms with Gasteiger partial charge in [0.1, 0.15) is 5.75 Å². The SMILES string of the molecule is CN=C(NCCCC(C)(C)C)NCc1cccc(OC)c1.I. The molecule has 0 fully saturated rings. The molecule has 4 nitrogen and oxygen atoms in total. The first-order chi connectivity index (χ1) is 9.94. The van der Waals surface area contributed by atoms with Gasteiger partial charge in [-0.2, -0.15) is 0 Å². The maximum Gasteiger partial charge on any atom is 0.191 e. The van der Waals surface area contributed by atoms with E-state index in [1.54, 1.807) is 14.2 Å². The molecule has 5 heteroatoms. The molecule has 0 radical (unpaired) electrons. The van der Waals surface area contributed by atoms with E-state index in [0.29, 0.717) is 5.41 Å². The van der Waals surface area contributed by atoms with Gasteiger partial charge in [-0.05, 0) is 36.0 Å². The highest BCUT2D eigenvalue weighted by Gasteiger charge is 2.09. The van der Waals surface area contributed by atoms with E-state index in [1.807, 2.05) is 18.2 Å². The highest BCUT2D eigenvalue weighted by Crippen LogP contribution is 2.19. The molecule has 2 N–H and O–H groups in total. The van der Waals surface area contributed by atoms with Crippen LogP contribution >= 0.6 is 24.0 Å². The fourth-order valence-corrected chi connectivity index (χ4v) is 2.01. The van der Waals surface area contributed by atoms with Gasteiger partial charge in [-0.15, -0.1) is 24.0 Å². The van der Waals surface area contributed by atoms with Crippen molar-refractivity contribution in [2.75, 3.05) is 20.7 Å². The van der Waals surface area contributed by atoms with E-state index in [9.17, 15) is 0 Å². The molecule has 0 saturated carbocycles. The van der Waals surface area contributed by atoms with Gasteiger partial charge in [-0.1, -0.05) is 32.9 Å². The van der Waals surface area contributed by atoms with E-state index in [4.69, 9.17) is 4.74 Å². The largest absolute Gasteiger partial charge is 0.497 e. The zero-order chi connectivity index (χ0) is 15.7. The number of nitrogens with one attached hydrogen (secondary N) is 2. The van der Waals surface area contributed by atoms with E-state index in [1.165, 1.54) is 12.0 Å². The fraction of sp³-hybridized carbons (Fsp3) is 0.588. The number of hydrogen-bond acceptors (Lipinski definition) is 2. The molecule has 0 atom stereocenters. The van der Waals surface area contributed by atoms with E-state index in [-0.39, 0.29) is 24.0 Å². The first kappa shape index (κ1) is 21.0. The third-order valence-corrected chi connectivity index (χ3v) is 3.21. The van der Waals surface area contributed by atoms with Crippen molar-refractivity contribution < 1.29 is 4.74 Å². The van der Waals surface area contributed by atoms with E-state index in [0.717, 1.165) is 31.2 Å². The molecule has 1 rings (SSSR count). The molecule has 22 heavy (non-hydrogen) atoms. The Morgan fingerprint density at radius 3 is 2.55 bits per heavy atom. The van der Waals surface area contributed by atoms with Gasteiger partial charge in [0.25, 0.3) is 0 Å². The van der Waals surface area contributed by atoms with Crippen molar-refractivity contribution in [2.45, 2.75) is 40.2 Å². The molecular formula is C17H30IN3O. The molecule has 126 valence electrons. The zero-order valence-electron chi connectivity index (χ0n) is 14.4. The van der Waals surface area contributed by atoms with Crippen molar-refractivity contribution in [2.24, 2.45) is 10.4 Å². The van der Waals surface area contributed by atoms with Crippen LogP contribution in [0.4, 0.5) is 0 Å². The number of ether oxygens (including phenoxy) is 1. The van der Waals surface area contributed by atoms with Crippen molar-refractivity contribution >= 4 is 29.9 Å². The summed E-state index contributed by atoms with van der Waals surface area (Å²) in [4.78, 5) is 4.24. The van der Waals surface area contributed by atoms with Crippen LogP contribution in [0.1, 0.15) is 39.2 Å². The molecule has 0 bridgehead atoms. The Morgan fingerprint density at radius 1 is 1.23 bits per heavy atom. The first-order valence-electron chi connectivity index (χ1n) is 7.52. The Kier molecular flexibility index (Phi) is 10.2. The number of halogens is 1. The highest BCUT2D eigenvalue weighted by atomic mass is 127. The second-order valence-corrected chi connectivity index (χ2v) is 6.37. The Bertz CT molecular complexity index is 455. The number of aliphatic imine (C=N–C) groups is 1. The molecule has 1 aromatic rings. The van der Waals surface area contributed by atoms with Crippen LogP contribution in [0.25, 0.3) is 0 Å². The number of methoxy groups -OCH3 is 1. The van der Waals surface area contributed by atoms with Crippen molar-refractivity contribution in [3.05, 3.63) is 29.8 Å². The lowest BCUT2D eigenvalue weighted by Gasteiger charge is -2.18. The van der Waals surface area contributed by atoms with Crippen LogP contribution in [0.3, 0.4) is 0 Å². The lowest BCUT2D eigenvalue weighted by Crippen LogP contribution is -2.37. The van der Waals surface area contributed by atoms with Crippen molar-refractivity contribution in [3.8, 4) is 5.75 Å². The molecule has 0 aliphatic rings. The summed E-state index contributed by atoms with van der Waals surface area (Å²) < 4.78 is 5.23. The van der Waals surface area contributed by atoms with Crippen LogP contribution in [-0.2, 0) is 6.54 Å². The number of benzene rings is 1.